The Bertz CT molecular complexity index is 1060. The Morgan fingerprint density at radius 3 is 2.23 bits per heavy atom. The molecule has 1 aliphatic heterocycles. The van der Waals surface area contributed by atoms with Crippen LogP contribution in [0, 0.1) is 12.7 Å². The van der Waals surface area contributed by atoms with Gasteiger partial charge in [-0.15, -0.1) is 11.3 Å². The van der Waals surface area contributed by atoms with E-state index < -0.39 is 0 Å². The van der Waals surface area contributed by atoms with Gasteiger partial charge in [0.1, 0.15) is 5.82 Å². The molecular weight excluding hydrogens is 405 g/mol. The molecular formula is C22H22FN3O3S. The molecule has 1 unspecified atom stereocenters. The molecule has 6 nitrogen and oxygen atoms in total. The lowest BCUT2D eigenvalue weighted by atomic mass is 9.98. The number of anilines is 1. The lowest BCUT2D eigenvalue weighted by Gasteiger charge is -2.23. The first kappa shape index (κ1) is 20.2. The van der Waals surface area contributed by atoms with Crippen LogP contribution in [0.2, 0.25) is 0 Å². The van der Waals surface area contributed by atoms with Crippen LogP contribution < -0.4 is 19.2 Å². The fourth-order valence-corrected chi connectivity index (χ4v) is 4.31. The van der Waals surface area contributed by atoms with Crippen molar-refractivity contribution in [1.29, 1.82) is 0 Å². The lowest BCUT2D eigenvalue weighted by molar-refractivity contribution is 0.323. The molecule has 1 atom stereocenters. The zero-order valence-corrected chi connectivity index (χ0v) is 18.0. The van der Waals surface area contributed by atoms with Gasteiger partial charge < -0.3 is 14.2 Å². The van der Waals surface area contributed by atoms with Crippen molar-refractivity contribution < 1.29 is 18.6 Å². The molecule has 4 rings (SSSR count). The summed E-state index contributed by atoms with van der Waals surface area (Å²) in [7, 11) is 4.77. The SMILES string of the molecule is COc1cc(C2CC(c3ccc(F)cc3)=NN2c2nc(C)cs2)cc(OC)c1OC. The van der Waals surface area contributed by atoms with E-state index in [1.54, 1.807) is 33.5 Å². The van der Waals surface area contributed by atoms with Gasteiger partial charge in [-0.05, 0) is 42.3 Å². The Balaban J connectivity index is 1.79. The van der Waals surface area contributed by atoms with E-state index in [0.717, 1.165) is 27.7 Å². The zero-order valence-electron chi connectivity index (χ0n) is 17.2. The van der Waals surface area contributed by atoms with Gasteiger partial charge in [-0.2, -0.15) is 5.10 Å². The number of methoxy groups -OCH3 is 3. The number of hydrazone groups is 1. The monoisotopic (exact) mass is 427 g/mol. The van der Waals surface area contributed by atoms with Gasteiger partial charge >= 0.3 is 0 Å². The normalized spacial score (nSPS) is 15.8. The van der Waals surface area contributed by atoms with Crippen molar-refractivity contribution in [1.82, 2.24) is 4.98 Å². The van der Waals surface area contributed by atoms with E-state index >= 15 is 0 Å². The molecule has 3 aromatic rings. The Morgan fingerprint density at radius 1 is 1.03 bits per heavy atom. The maximum Gasteiger partial charge on any atom is 0.206 e. The highest BCUT2D eigenvalue weighted by molar-refractivity contribution is 7.13. The van der Waals surface area contributed by atoms with Crippen LogP contribution in [0.15, 0.2) is 46.9 Å². The van der Waals surface area contributed by atoms with Gasteiger partial charge in [0.15, 0.2) is 11.5 Å². The number of aromatic nitrogens is 1. The summed E-state index contributed by atoms with van der Waals surface area (Å²) >= 11 is 1.53. The average Bonchev–Trinajstić information content (AvgIpc) is 3.39. The van der Waals surface area contributed by atoms with Crippen LogP contribution in [-0.4, -0.2) is 32.0 Å². The molecule has 1 aliphatic rings. The predicted octanol–water partition coefficient (Wildman–Crippen LogP) is 4.97. The van der Waals surface area contributed by atoms with Crippen LogP contribution in [0.25, 0.3) is 0 Å². The third kappa shape index (κ3) is 3.70. The largest absolute Gasteiger partial charge is 0.493 e. The molecule has 0 radical (unpaired) electrons. The van der Waals surface area contributed by atoms with Gasteiger partial charge in [0.2, 0.25) is 10.9 Å². The minimum absolute atomic E-state index is 0.121. The fraction of sp³-hybridized carbons (Fsp3) is 0.273. The van der Waals surface area contributed by atoms with Crippen molar-refractivity contribution in [2.24, 2.45) is 5.10 Å². The molecule has 0 saturated carbocycles. The van der Waals surface area contributed by atoms with E-state index in [1.807, 2.05) is 29.4 Å². The first-order chi connectivity index (χ1) is 14.5. The Hall–Kier alpha value is -3.13. The second kappa shape index (κ2) is 8.31. The number of hydrogen-bond donors (Lipinski definition) is 0. The number of benzene rings is 2. The maximum atomic E-state index is 13.4. The average molecular weight is 428 g/mol. The topological polar surface area (TPSA) is 56.2 Å². The molecule has 0 N–H and O–H groups in total. The summed E-state index contributed by atoms with van der Waals surface area (Å²) in [4.78, 5) is 4.62. The Kier molecular flexibility index (Phi) is 5.59. The summed E-state index contributed by atoms with van der Waals surface area (Å²) in [6, 6.07) is 10.1. The number of rotatable bonds is 6. The van der Waals surface area contributed by atoms with Gasteiger partial charge in [0.05, 0.1) is 38.8 Å². The van der Waals surface area contributed by atoms with Crippen molar-refractivity contribution in [2.45, 2.75) is 19.4 Å². The summed E-state index contributed by atoms with van der Waals surface area (Å²) in [5.74, 6) is 1.43. The van der Waals surface area contributed by atoms with E-state index in [9.17, 15) is 4.39 Å². The van der Waals surface area contributed by atoms with Gasteiger partial charge in [-0.25, -0.2) is 14.4 Å². The predicted molar refractivity (Wildman–Crippen MR) is 116 cm³/mol. The van der Waals surface area contributed by atoms with Gasteiger partial charge in [0, 0.05) is 11.8 Å². The Morgan fingerprint density at radius 2 is 1.70 bits per heavy atom. The van der Waals surface area contributed by atoms with Crippen LogP contribution in [0.3, 0.4) is 0 Å². The lowest BCUT2D eigenvalue weighted by Crippen LogP contribution is -2.18. The number of hydrogen-bond acceptors (Lipinski definition) is 7. The summed E-state index contributed by atoms with van der Waals surface area (Å²) in [6.07, 6.45) is 0.628. The van der Waals surface area contributed by atoms with E-state index in [2.05, 4.69) is 4.98 Å². The van der Waals surface area contributed by atoms with Crippen molar-refractivity contribution in [2.75, 3.05) is 26.3 Å². The Labute approximate surface area is 178 Å². The highest BCUT2D eigenvalue weighted by Gasteiger charge is 2.33. The van der Waals surface area contributed by atoms with Crippen molar-refractivity contribution in [3.8, 4) is 17.2 Å². The van der Waals surface area contributed by atoms with E-state index in [0.29, 0.717) is 23.7 Å². The van der Waals surface area contributed by atoms with E-state index in [1.165, 1.54) is 23.5 Å². The zero-order chi connectivity index (χ0) is 21.3. The molecule has 0 aliphatic carbocycles. The number of thiazole rings is 1. The first-order valence-electron chi connectivity index (χ1n) is 9.38. The molecule has 0 fully saturated rings. The summed E-state index contributed by atoms with van der Waals surface area (Å²) < 4.78 is 29.9. The van der Waals surface area contributed by atoms with Crippen molar-refractivity contribution >= 4 is 22.2 Å². The molecule has 30 heavy (non-hydrogen) atoms. The fourth-order valence-electron chi connectivity index (χ4n) is 3.50. The van der Waals surface area contributed by atoms with Crippen molar-refractivity contribution in [3.05, 3.63) is 64.4 Å². The van der Waals surface area contributed by atoms with Crippen LogP contribution in [0.1, 0.15) is 29.3 Å². The van der Waals surface area contributed by atoms with Crippen molar-refractivity contribution in [3.63, 3.8) is 0 Å². The molecule has 0 bridgehead atoms. The molecule has 0 saturated heterocycles. The molecule has 156 valence electrons. The van der Waals surface area contributed by atoms with Gasteiger partial charge in [-0.1, -0.05) is 12.1 Å². The number of ether oxygens (including phenoxy) is 3. The second-order valence-corrected chi connectivity index (χ2v) is 7.68. The summed E-state index contributed by atoms with van der Waals surface area (Å²) in [5, 5.41) is 9.55. The van der Waals surface area contributed by atoms with Crippen LogP contribution >= 0.6 is 11.3 Å². The number of halogens is 1. The standard InChI is InChI=1S/C22H22FN3O3S/c1-13-12-30-22(24-13)26-18(11-17(25-26)14-5-7-16(23)8-6-14)15-9-19(27-2)21(29-4)20(10-15)28-3/h5-10,12,18H,11H2,1-4H3. The number of aryl methyl sites for hydroxylation is 1. The van der Waals surface area contributed by atoms with E-state index in [-0.39, 0.29) is 11.9 Å². The number of nitrogens with zero attached hydrogens (tertiary/aromatic N) is 3. The molecule has 2 heterocycles. The molecule has 0 spiro atoms. The highest BCUT2D eigenvalue weighted by Crippen LogP contribution is 2.44. The van der Waals surface area contributed by atoms with Crippen LogP contribution in [0.4, 0.5) is 9.52 Å². The molecule has 0 amide bonds. The molecule has 8 heteroatoms. The van der Waals surface area contributed by atoms with Crippen LogP contribution in [-0.2, 0) is 0 Å². The van der Waals surface area contributed by atoms with Gasteiger partial charge in [0.25, 0.3) is 0 Å². The third-order valence-electron chi connectivity index (χ3n) is 4.96. The smallest absolute Gasteiger partial charge is 0.206 e. The quantitative estimate of drug-likeness (QED) is 0.556. The van der Waals surface area contributed by atoms with E-state index in [4.69, 9.17) is 19.3 Å². The summed E-state index contributed by atoms with van der Waals surface area (Å²) in [5.41, 5.74) is 3.63. The first-order valence-corrected chi connectivity index (χ1v) is 10.3. The minimum atomic E-state index is -0.272. The third-order valence-corrected chi connectivity index (χ3v) is 5.91. The minimum Gasteiger partial charge on any atom is -0.493 e. The van der Waals surface area contributed by atoms with Gasteiger partial charge in [-0.3, -0.25) is 0 Å². The summed E-state index contributed by atoms with van der Waals surface area (Å²) in [6.45, 7) is 1.95. The maximum absolute atomic E-state index is 13.4. The second-order valence-electron chi connectivity index (χ2n) is 6.85. The highest BCUT2D eigenvalue weighted by atomic mass is 32.1. The molecule has 1 aromatic heterocycles. The van der Waals surface area contributed by atoms with Crippen LogP contribution in [0.5, 0.6) is 17.2 Å². The molecule has 2 aromatic carbocycles.